The van der Waals surface area contributed by atoms with Crippen LogP contribution in [-0.2, 0) is 0 Å². The van der Waals surface area contributed by atoms with Crippen LogP contribution in [0, 0.1) is 11.6 Å². The smallest absolute Gasteiger partial charge is 0.159 e. The van der Waals surface area contributed by atoms with Crippen molar-refractivity contribution in [3.05, 3.63) is 65.2 Å². The second-order valence-corrected chi connectivity index (χ2v) is 6.91. The number of nitrogens with zero attached hydrogens (tertiary/aromatic N) is 2. The molecular weight excluding hydrogens is 350 g/mol. The van der Waals surface area contributed by atoms with Gasteiger partial charge in [-0.05, 0) is 47.5 Å². The highest BCUT2D eigenvalue weighted by Gasteiger charge is 2.32. The van der Waals surface area contributed by atoms with Crippen LogP contribution in [0.4, 0.5) is 14.5 Å². The van der Waals surface area contributed by atoms with Crippen molar-refractivity contribution < 1.29 is 18.6 Å². The third-order valence-corrected chi connectivity index (χ3v) is 5.41. The molecule has 1 aliphatic carbocycles. The fourth-order valence-corrected chi connectivity index (χ4v) is 3.86. The van der Waals surface area contributed by atoms with Crippen molar-refractivity contribution in [2.24, 2.45) is 0 Å². The molecule has 0 saturated carbocycles. The Bertz CT molecular complexity index is 846. The van der Waals surface area contributed by atoms with E-state index < -0.39 is 17.7 Å². The predicted molar refractivity (Wildman–Crippen MR) is 101 cm³/mol. The zero-order valence-corrected chi connectivity index (χ0v) is 15.1. The van der Waals surface area contributed by atoms with Gasteiger partial charge < -0.3 is 14.7 Å². The molecule has 1 N–H and O–H groups in total. The molecule has 0 radical (unpaired) electrons. The Balaban J connectivity index is 1.44. The Morgan fingerprint density at radius 3 is 2.33 bits per heavy atom. The minimum absolute atomic E-state index is 0.236. The van der Waals surface area contributed by atoms with Crippen LogP contribution in [0.2, 0.25) is 0 Å². The lowest BCUT2D eigenvalue weighted by molar-refractivity contribution is 0.0681. The Hall–Kier alpha value is -2.44. The van der Waals surface area contributed by atoms with Crippen LogP contribution in [0.1, 0.15) is 17.2 Å². The third-order valence-electron chi connectivity index (χ3n) is 5.41. The van der Waals surface area contributed by atoms with E-state index in [1.165, 1.54) is 0 Å². The van der Waals surface area contributed by atoms with Gasteiger partial charge in [0.1, 0.15) is 5.75 Å². The summed E-state index contributed by atoms with van der Waals surface area (Å²) in [5, 5.41) is 10.7. The number of rotatable bonds is 3. The van der Waals surface area contributed by atoms with Crippen molar-refractivity contribution in [1.29, 1.82) is 0 Å². The number of hydrogen-bond acceptors (Lipinski definition) is 4. The van der Waals surface area contributed by atoms with Gasteiger partial charge >= 0.3 is 0 Å². The van der Waals surface area contributed by atoms with Crippen molar-refractivity contribution in [3.63, 3.8) is 0 Å². The van der Waals surface area contributed by atoms with E-state index in [4.69, 9.17) is 4.74 Å². The van der Waals surface area contributed by atoms with Crippen LogP contribution in [0.25, 0.3) is 6.08 Å². The lowest BCUT2D eigenvalue weighted by atomic mass is 9.90. The molecule has 27 heavy (non-hydrogen) atoms. The molecule has 1 heterocycles. The molecule has 4 nitrogen and oxygen atoms in total. The summed E-state index contributed by atoms with van der Waals surface area (Å²) in [5.74, 6) is -0.987. The summed E-state index contributed by atoms with van der Waals surface area (Å²) in [4.78, 5) is 4.48. The van der Waals surface area contributed by atoms with Gasteiger partial charge in [0.2, 0.25) is 0 Å². The molecule has 6 heteroatoms. The summed E-state index contributed by atoms with van der Waals surface area (Å²) in [7, 11) is 1.65. The first-order valence-electron chi connectivity index (χ1n) is 9.05. The highest BCUT2D eigenvalue weighted by atomic mass is 19.2. The molecule has 4 rings (SSSR count). The Labute approximate surface area is 157 Å². The van der Waals surface area contributed by atoms with Crippen LogP contribution in [0.3, 0.4) is 0 Å². The number of ether oxygens (including phenoxy) is 1. The molecule has 142 valence electrons. The van der Waals surface area contributed by atoms with Gasteiger partial charge in [-0.15, -0.1) is 0 Å². The number of aliphatic hydroxyl groups excluding tert-OH is 1. The molecule has 1 saturated heterocycles. The molecular formula is C21H22F2N2O2. The molecule has 0 unspecified atom stereocenters. The highest BCUT2D eigenvalue weighted by Crippen LogP contribution is 2.33. The number of anilines is 1. The van der Waals surface area contributed by atoms with E-state index in [0.29, 0.717) is 11.1 Å². The molecule has 1 fully saturated rings. The maximum absolute atomic E-state index is 13.6. The highest BCUT2D eigenvalue weighted by molar-refractivity contribution is 5.59. The van der Waals surface area contributed by atoms with Gasteiger partial charge in [-0.2, -0.15) is 0 Å². The largest absolute Gasteiger partial charge is 0.497 e. The molecule has 0 amide bonds. The second kappa shape index (κ2) is 7.29. The molecule has 0 spiro atoms. The number of aliphatic hydroxyl groups is 1. The fourth-order valence-electron chi connectivity index (χ4n) is 3.86. The van der Waals surface area contributed by atoms with Crippen LogP contribution in [0.5, 0.6) is 5.75 Å². The van der Waals surface area contributed by atoms with E-state index in [2.05, 4.69) is 9.80 Å². The zero-order valence-electron chi connectivity index (χ0n) is 15.1. The number of piperazine rings is 1. The van der Waals surface area contributed by atoms with Crippen molar-refractivity contribution in [1.82, 2.24) is 4.90 Å². The quantitative estimate of drug-likeness (QED) is 0.898. The number of halogens is 2. The second-order valence-electron chi connectivity index (χ2n) is 6.91. The summed E-state index contributed by atoms with van der Waals surface area (Å²) in [6.45, 7) is 3.20. The van der Waals surface area contributed by atoms with Crippen molar-refractivity contribution in [3.8, 4) is 5.75 Å². The summed E-state index contributed by atoms with van der Waals surface area (Å²) >= 11 is 0. The predicted octanol–water partition coefficient (Wildman–Crippen LogP) is 3.22. The number of hydrogen-bond donors (Lipinski definition) is 1. The van der Waals surface area contributed by atoms with Crippen molar-refractivity contribution in [2.45, 2.75) is 12.1 Å². The van der Waals surface area contributed by atoms with Gasteiger partial charge in [-0.3, -0.25) is 4.90 Å². The van der Waals surface area contributed by atoms with E-state index in [0.717, 1.165) is 49.7 Å². The average Bonchev–Trinajstić information content (AvgIpc) is 2.70. The lowest BCUT2D eigenvalue weighted by Gasteiger charge is -2.42. The number of methoxy groups -OCH3 is 1. The summed E-state index contributed by atoms with van der Waals surface area (Å²) in [5.41, 5.74) is 2.12. The molecule has 2 aromatic carbocycles. The first-order valence-corrected chi connectivity index (χ1v) is 9.05. The number of fused-ring (bicyclic) bond motifs is 1. The monoisotopic (exact) mass is 372 g/mol. The standard InChI is InChI=1S/C21H22F2N2O2/c1-27-16-5-3-15(4-6-16)24-8-10-25(11-9-24)20-7-2-14-12-18(22)19(23)13-17(14)21(20)26/h2-7,12-13,20-21,26H,8-11H2,1H3/t20-,21-/m1/s1. The van der Waals surface area contributed by atoms with E-state index >= 15 is 0 Å². The van der Waals surface area contributed by atoms with E-state index in [9.17, 15) is 13.9 Å². The van der Waals surface area contributed by atoms with Gasteiger partial charge in [0, 0.05) is 31.9 Å². The van der Waals surface area contributed by atoms with Gasteiger partial charge in [-0.25, -0.2) is 8.78 Å². The Morgan fingerprint density at radius 2 is 1.67 bits per heavy atom. The Kier molecular flexibility index (Phi) is 4.85. The molecule has 2 aliphatic rings. The van der Waals surface area contributed by atoms with Gasteiger partial charge in [0.25, 0.3) is 0 Å². The Morgan fingerprint density at radius 1 is 1.00 bits per heavy atom. The first kappa shape index (κ1) is 17.9. The average molecular weight is 372 g/mol. The van der Waals surface area contributed by atoms with Crippen LogP contribution >= 0.6 is 0 Å². The molecule has 0 bridgehead atoms. The molecule has 2 atom stereocenters. The third kappa shape index (κ3) is 3.42. The molecule has 0 aromatic heterocycles. The van der Waals surface area contributed by atoms with Crippen LogP contribution in [-0.4, -0.2) is 49.3 Å². The molecule has 1 aliphatic heterocycles. The van der Waals surface area contributed by atoms with Gasteiger partial charge in [-0.1, -0.05) is 12.2 Å². The maximum atomic E-state index is 13.6. The summed E-state index contributed by atoms with van der Waals surface area (Å²) < 4.78 is 32.2. The summed E-state index contributed by atoms with van der Waals surface area (Å²) in [6.07, 6.45) is 2.78. The van der Waals surface area contributed by atoms with Crippen LogP contribution in [0.15, 0.2) is 42.5 Å². The first-order chi connectivity index (χ1) is 13.1. The normalized spacial score (nSPS) is 22.6. The minimum atomic E-state index is -0.925. The maximum Gasteiger partial charge on any atom is 0.159 e. The van der Waals surface area contributed by atoms with E-state index in [-0.39, 0.29) is 6.04 Å². The SMILES string of the molecule is COc1ccc(N2CCN([C@@H]3C=Cc4cc(F)c(F)cc4[C@H]3O)CC2)cc1. The fraction of sp³-hybridized carbons (Fsp3) is 0.333. The minimum Gasteiger partial charge on any atom is -0.497 e. The zero-order chi connectivity index (χ0) is 19.0. The van der Waals surface area contributed by atoms with E-state index in [1.807, 2.05) is 30.3 Å². The van der Waals surface area contributed by atoms with E-state index in [1.54, 1.807) is 13.2 Å². The summed E-state index contributed by atoms with van der Waals surface area (Å²) in [6, 6.07) is 9.98. The molecule has 2 aromatic rings. The van der Waals surface area contributed by atoms with Crippen LogP contribution < -0.4 is 9.64 Å². The lowest BCUT2D eigenvalue weighted by Crippen LogP contribution is -2.52. The van der Waals surface area contributed by atoms with Crippen molar-refractivity contribution >= 4 is 11.8 Å². The van der Waals surface area contributed by atoms with Gasteiger partial charge in [0.05, 0.1) is 19.3 Å². The topological polar surface area (TPSA) is 35.9 Å². The van der Waals surface area contributed by atoms with Gasteiger partial charge in [0.15, 0.2) is 11.6 Å². The van der Waals surface area contributed by atoms with Crippen molar-refractivity contribution in [2.75, 3.05) is 38.2 Å². The number of benzene rings is 2.